The third kappa shape index (κ3) is 8.41. The molecule has 0 saturated carbocycles. The number of hydrogen-bond acceptors (Lipinski definition) is 4. The molecular weight excluding hydrogens is 590 g/mol. The molecule has 0 aliphatic heterocycles. The van der Waals surface area contributed by atoms with E-state index < -0.39 is 28.5 Å². The molecule has 3 aromatic rings. The van der Waals surface area contributed by atoms with Gasteiger partial charge in [0.15, 0.2) is 0 Å². The summed E-state index contributed by atoms with van der Waals surface area (Å²) in [5.41, 5.74) is 3.67. The molecule has 0 radical (unpaired) electrons. The van der Waals surface area contributed by atoms with E-state index in [0.717, 1.165) is 43.7 Å². The van der Waals surface area contributed by atoms with Crippen LogP contribution in [0.3, 0.4) is 0 Å². The van der Waals surface area contributed by atoms with Gasteiger partial charge < -0.3 is 10.2 Å². The van der Waals surface area contributed by atoms with Gasteiger partial charge in [-0.2, -0.15) is 0 Å². The second-order valence-corrected chi connectivity index (χ2v) is 13.0. The number of rotatable bonds is 12. The minimum atomic E-state index is -3.82. The third-order valence-corrected chi connectivity index (χ3v) is 8.49. The second-order valence-electron chi connectivity index (χ2n) is 10.2. The lowest BCUT2D eigenvalue weighted by atomic mass is 10.0. The molecule has 0 fully saturated rings. The molecule has 0 spiro atoms. The first-order valence-corrected chi connectivity index (χ1v) is 16.0. The summed E-state index contributed by atoms with van der Waals surface area (Å²) in [5, 5.41) is 3.04. The lowest BCUT2D eigenvalue weighted by Gasteiger charge is -2.34. The first-order chi connectivity index (χ1) is 18.9. The Bertz CT molecular complexity index is 1410. The zero-order chi connectivity index (χ0) is 29.4. The Morgan fingerprint density at radius 3 is 2.10 bits per heavy atom. The van der Waals surface area contributed by atoms with Crippen LogP contribution in [-0.4, -0.2) is 50.0 Å². The van der Waals surface area contributed by atoms with Gasteiger partial charge >= 0.3 is 0 Å². The predicted octanol–water partition coefficient (Wildman–Crippen LogP) is 5.39. The molecule has 0 heterocycles. The number of para-hydroxylation sites is 1. The quantitative estimate of drug-likeness (QED) is 0.292. The Labute approximate surface area is 246 Å². The smallest absolute Gasteiger partial charge is 0.244 e. The van der Waals surface area contributed by atoms with Crippen LogP contribution in [0.5, 0.6) is 0 Å². The summed E-state index contributed by atoms with van der Waals surface area (Å²) in [5.74, 6) is -0.743. The summed E-state index contributed by atoms with van der Waals surface area (Å²) in [6, 6.07) is 21.6. The van der Waals surface area contributed by atoms with E-state index in [1.54, 1.807) is 0 Å². The number of nitrogens with one attached hydrogen (secondary N) is 1. The van der Waals surface area contributed by atoms with E-state index in [4.69, 9.17) is 0 Å². The molecule has 3 rings (SSSR count). The first-order valence-electron chi connectivity index (χ1n) is 13.3. The highest BCUT2D eigenvalue weighted by Crippen LogP contribution is 2.27. The van der Waals surface area contributed by atoms with E-state index in [0.29, 0.717) is 5.69 Å². The Balaban J connectivity index is 2.10. The van der Waals surface area contributed by atoms with Gasteiger partial charge in [-0.15, -0.1) is 0 Å². The van der Waals surface area contributed by atoms with Crippen LogP contribution in [0.2, 0.25) is 0 Å². The van der Waals surface area contributed by atoms with E-state index >= 15 is 0 Å². The minimum absolute atomic E-state index is 0.0873. The predicted molar refractivity (Wildman–Crippen MR) is 165 cm³/mol. The number of carbonyl (C=O) groups excluding carboxylic acids is 2. The highest BCUT2D eigenvalue weighted by Gasteiger charge is 2.34. The van der Waals surface area contributed by atoms with Crippen molar-refractivity contribution in [2.75, 3.05) is 17.1 Å². The number of nitrogens with zero attached hydrogens (tertiary/aromatic N) is 2. The Kier molecular flexibility index (Phi) is 10.9. The standard InChI is InChI=1S/C31H38BrN3O4S/c1-6-24(4)33-31(37)28(19-25-14-8-7-9-15-25)34(20-26-16-11-17-27(32)18-26)29(36)21-35(40(5,38)39)30-22(2)12-10-13-23(30)3/h7-18,24,28H,6,19-21H2,1-5H3,(H,33,37)/t24-,28+/m1/s1. The number of hydrogen-bond donors (Lipinski definition) is 1. The largest absolute Gasteiger partial charge is 0.352 e. The molecule has 2 amide bonds. The van der Waals surface area contributed by atoms with Gasteiger partial charge in [0.2, 0.25) is 21.8 Å². The Hall–Kier alpha value is -3.17. The Morgan fingerprint density at radius 1 is 0.925 bits per heavy atom. The van der Waals surface area contributed by atoms with Crippen LogP contribution in [0.15, 0.2) is 77.3 Å². The van der Waals surface area contributed by atoms with Gasteiger partial charge in [-0.3, -0.25) is 13.9 Å². The zero-order valence-corrected chi connectivity index (χ0v) is 26.1. The normalized spacial score (nSPS) is 12.8. The molecule has 3 aromatic carbocycles. The van der Waals surface area contributed by atoms with Crippen LogP contribution in [0.1, 0.15) is 42.5 Å². The molecule has 1 N–H and O–H groups in total. The van der Waals surface area contributed by atoms with Crippen LogP contribution in [0.25, 0.3) is 0 Å². The number of anilines is 1. The second kappa shape index (κ2) is 13.9. The van der Waals surface area contributed by atoms with Crippen LogP contribution in [-0.2, 0) is 32.6 Å². The number of sulfonamides is 1. The van der Waals surface area contributed by atoms with Crippen molar-refractivity contribution in [3.05, 3.63) is 99.5 Å². The zero-order valence-electron chi connectivity index (χ0n) is 23.7. The number of benzene rings is 3. The first kappa shape index (κ1) is 31.4. The topological polar surface area (TPSA) is 86.8 Å². The van der Waals surface area contributed by atoms with Gasteiger partial charge in [0.05, 0.1) is 11.9 Å². The van der Waals surface area contributed by atoms with Crippen LogP contribution >= 0.6 is 15.9 Å². The summed E-state index contributed by atoms with van der Waals surface area (Å²) in [6.45, 7) is 7.25. The summed E-state index contributed by atoms with van der Waals surface area (Å²) < 4.78 is 28.1. The van der Waals surface area contributed by atoms with E-state index in [1.165, 1.54) is 4.90 Å². The summed E-state index contributed by atoms with van der Waals surface area (Å²) >= 11 is 3.49. The summed E-state index contributed by atoms with van der Waals surface area (Å²) in [7, 11) is -3.82. The molecule has 0 aliphatic rings. The average Bonchev–Trinajstić information content (AvgIpc) is 2.89. The molecule has 214 valence electrons. The van der Waals surface area contributed by atoms with Crippen molar-refractivity contribution in [1.82, 2.24) is 10.2 Å². The molecule has 0 saturated heterocycles. The fourth-order valence-electron chi connectivity index (χ4n) is 4.60. The third-order valence-electron chi connectivity index (χ3n) is 6.88. The fourth-order valence-corrected chi connectivity index (χ4v) is 6.01. The van der Waals surface area contributed by atoms with Crippen molar-refractivity contribution in [2.45, 2.75) is 59.2 Å². The van der Waals surface area contributed by atoms with Gasteiger partial charge in [-0.25, -0.2) is 8.42 Å². The highest BCUT2D eigenvalue weighted by atomic mass is 79.9. The maximum Gasteiger partial charge on any atom is 0.244 e. The van der Waals surface area contributed by atoms with Crippen LogP contribution < -0.4 is 9.62 Å². The van der Waals surface area contributed by atoms with E-state index in [2.05, 4.69) is 21.2 Å². The number of halogens is 1. The average molecular weight is 629 g/mol. The molecule has 7 nitrogen and oxygen atoms in total. The molecule has 0 unspecified atom stereocenters. The SMILES string of the molecule is CC[C@@H](C)NC(=O)[C@H](Cc1ccccc1)N(Cc1cccc(Br)c1)C(=O)CN(c1c(C)cccc1C)S(C)(=O)=O. The molecule has 9 heteroatoms. The minimum Gasteiger partial charge on any atom is -0.352 e. The van der Waals surface area contributed by atoms with Crippen molar-refractivity contribution >= 4 is 43.5 Å². The molecule has 0 aliphatic carbocycles. The van der Waals surface area contributed by atoms with Crippen molar-refractivity contribution in [2.24, 2.45) is 0 Å². The molecule has 2 atom stereocenters. The van der Waals surface area contributed by atoms with Gasteiger partial charge in [-0.1, -0.05) is 83.5 Å². The van der Waals surface area contributed by atoms with E-state index in [-0.39, 0.29) is 24.9 Å². The fraction of sp³-hybridized carbons (Fsp3) is 0.355. The van der Waals surface area contributed by atoms with Crippen molar-refractivity contribution in [1.29, 1.82) is 0 Å². The number of aryl methyl sites for hydroxylation is 2. The monoisotopic (exact) mass is 627 g/mol. The van der Waals surface area contributed by atoms with Gasteiger partial charge in [0.25, 0.3) is 0 Å². The molecule has 0 bridgehead atoms. The van der Waals surface area contributed by atoms with Crippen LogP contribution in [0, 0.1) is 13.8 Å². The van der Waals surface area contributed by atoms with Crippen LogP contribution in [0.4, 0.5) is 5.69 Å². The summed E-state index contributed by atoms with van der Waals surface area (Å²) in [4.78, 5) is 29.5. The van der Waals surface area contributed by atoms with Crippen molar-refractivity contribution in [3.8, 4) is 0 Å². The molecule has 40 heavy (non-hydrogen) atoms. The van der Waals surface area contributed by atoms with Gasteiger partial charge in [0.1, 0.15) is 12.6 Å². The number of amides is 2. The lowest BCUT2D eigenvalue weighted by molar-refractivity contribution is -0.140. The van der Waals surface area contributed by atoms with E-state index in [1.807, 2.05) is 100 Å². The van der Waals surface area contributed by atoms with Gasteiger partial charge in [-0.05, 0) is 61.6 Å². The number of carbonyl (C=O) groups is 2. The summed E-state index contributed by atoms with van der Waals surface area (Å²) in [6.07, 6.45) is 2.12. The van der Waals surface area contributed by atoms with Gasteiger partial charge in [0, 0.05) is 23.5 Å². The Morgan fingerprint density at radius 2 is 1.52 bits per heavy atom. The van der Waals surface area contributed by atoms with Crippen molar-refractivity contribution in [3.63, 3.8) is 0 Å². The molecule has 0 aromatic heterocycles. The lowest BCUT2D eigenvalue weighted by Crippen LogP contribution is -2.54. The van der Waals surface area contributed by atoms with E-state index in [9.17, 15) is 18.0 Å². The van der Waals surface area contributed by atoms with Crippen molar-refractivity contribution < 1.29 is 18.0 Å². The molecular formula is C31H38BrN3O4S. The highest BCUT2D eigenvalue weighted by molar-refractivity contribution is 9.10. The maximum absolute atomic E-state index is 14.2. The maximum atomic E-state index is 14.2.